The van der Waals surface area contributed by atoms with Crippen LogP contribution in [-0.2, 0) is 10.0 Å². The Labute approximate surface area is 142 Å². The minimum atomic E-state index is -3.60. The maximum atomic E-state index is 12.6. The molecule has 1 aromatic heterocycles. The Hall–Kier alpha value is -2.25. The molecule has 0 bridgehead atoms. The fourth-order valence-electron chi connectivity index (χ4n) is 2.35. The van der Waals surface area contributed by atoms with Gasteiger partial charge in [0.15, 0.2) is 0 Å². The highest BCUT2D eigenvalue weighted by atomic mass is 32.2. The Bertz CT molecular complexity index is 816. The molecule has 6 nitrogen and oxygen atoms in total. The lowest BCUT2D eigenvalue weighted by molar-refractivity contribution is 0.102. The lowest BCUT2D eigenvalue weighted by Crippen LogP contribution is -2.30. The molecule has 0 aliphatic carbocycles. The second-order valence-electron chi connectivity index (χ2n) is 5.26. The van der Waals surface area contributed by atoms with Crippen molar-refractivity contribution in [1.82, 2.24) is 9.29 Å². The third-order valence-electron chi connectivity index (χ3n) is 3.74. The Kier molecular flexibility index (Phi) is 5.69. The molecule has 1 amide bonds. The van der Waals surface area contributed by atoms with Gasteiger partial charge in [0, 0.05) is 36.7 Å². The fraction of sp³-hybridized carbons (Fsp3) is 0.294. The van der Waals surface area contributed by atoms with E-state index < -0.39 is 10.0 Å². The fourth-order valence-corrected chi connectivity index (χ4v) is 3.84. The largest absolute Gasteiger partial charge is 0.322 e. The number of hydrogen-bond acceptors (Lipinski definition) is 4. The minimum Gasteiger partial charge on any atom is -0.322 e. The van der Waals surface area contributed by atoms with Crippen molar-refractivity contribution in [3.8, 4) is 0 Å². The summed E-state index contributed by atoms with van der Waals surface area (Å²) >= 11 is 0. The van der Waals surface area contributed by atoms with Crippen molar-refractivity contribution in [2.75, 3.05) is 18.4 Å². The predicted octanol–water partition coefficient (Wildman–Crippen LogP) is 2.67. The van der Waals surface area contributed by atoms with Gasteiger partial charge in [0.05, 0.1) is 4.90 Å². The Morgan fingerprint density at radius 1 is 1.12 bits per heavy atom. The molecule has 2 rings (SSSR count). The van der Waals surface area contributed by atoms with Crippen LogP contribution in [0.2, 0.25) is 0 Å². The molecule has 1 N–H and O–H groups in total. The molecule has 2 aromatic rings. The second kappa shape index (κ2) is 7.55. The van der Waals surface area contributed by atoms with Crippen LogP contribution in [0.1, 0.15) is 29.8 Å². The number of pyridine rings is 1. The summed E-state index contributed by atoms with van der Waals surface area (Å²) in [5.41, 5.74) is 1.64. The van der Waals surface area contributed by atoms with Crippen LogP contribution in [0.15, 0.2) is 47.6 Å². The SMILES string of the molecule is CCN(CC)S(=O)(=O)c1ccc(C)c(C(=O)Nc2ccncc2)c1. The third-order valence-corrected chi connectivity index (χ3v) is 5.78. The van der Waals surface area contributed by atoms with E-state index in [0.717, 1.165) is 0 Å². The summed E-state index contributed by atoms with van der Waals surface area (Å²) in [4.78, 5) is 16.5. The first-order chi connectivity index (χ1) is 11.4. The van der Waals surface area contributed by atoms with Gasteiger partial charge in [0.2, 0.25) is 10.0 Å². The van der Waals surface area contributed by atoms with E-state index in [1.165, 1.54) is 16.4 Å². The van der Waals surface area contributed by atoms with Gasteiger partial charge in [-0.05, 0) is 36.8 Å². The summed E-state index contributed by atoms with van der Waals surface area (Å²) in [5.74, 6) is -0.352. The lowest BCUT2D eigenvalue weighted by atomic mass is 10.1. The van der Waals surface area contributed by atoms with Crippen molar-refractivity contribution in [2.45, 2.75) is 25.7 Å². The maximum absolute atomic E-state index is 12.6. The average Bonchev–Trinajstić information content (AvgIpc) is 2.56. The van der Waals surface area contributed by atoms with Gasteiger partial charge in [-0.3, -0.25) is 9.78 Å². The van der Waals surface area contributed by atoms with Crippen molar-refractivity contribution in [1.29, 1.82) is 0 Å². The van der Waals surface area contributed by atoms with Crippen LogP contribution >= 0.6 is 0 Å². The average molecular weight is 347 g/mol. The van der Waals surface area contributed by atoms with Crippen LogP contribution in [0.4, 0.5) is 5.69 Å². The van der Waals surface area contributed by atoms with E-state index in [0.29, 0.717) is 29.9 Å². The first-order valence-electron chi connectivity index (χ1n) is 7.72. The molecule has 0 spiro atoms. The van der Waals surface area contributed by atoms with E-state index in [4.69, 9.17) is 0 Å². The molecule has 24 heavy (non-hydrogen) atoms. The summed E-state index contributed by atoms with van der Waals surface area (Å²) in [6, 6.07) is 7.96. The maximum Gasteiger partial charge on any atom is 0.255 e. The standard InChI is InChI=1S/C17H21N3O3S/c1-4-20(5-2)24(22,23)15-7-6-13(3)16(12-15)17(21)19-14-8-10-18-11-9-14/h6-12H,4-5H2,1-3H3,(H,18,19,21). The number of hydrogen-bond donors (Lipinski definition) is 1. The normalized spacial score (nSPS) is 11.5. The van der Waals surface area contributed by atoms with Crippen LogP contribution in [0, 0.1) is 6.92 Å². The van der Waals surface area contributed by atoms with Crippen LogP contribution in [-0.4, -0.2) is 36.7 Å². The molecule has 0 unspecified atom stereocenters. The number of nitrogens with zero attached hydrogens (tertiary/aromatic N) is 2. The quantitative estimate of drug-likeness (QED) is 0.871. The number of rotatable bonds is 6. The van der Waals surface area contributed by atoms with Crippen molar-refractivity contribution in [2.24, 2.45) is 0 Å². The monoisotopic (exact) mass is 347 g/mol. The zero-order valence-corrected chi connectivity index (χ0v) is 14.8. The first-order valence-corrected chi connectivity index (χ1v) is 9.16. The van der Waals surface area contributed by atoms with Gasteiger partial charge >= 0.3 is 0 Å². The molecule has 0 saturated heterocycles. The van der Waals surface area contributed by atoms with E-state index in [9.17, 15) is 13.2 Å². The van der Waals surface area contributed by atoms with Gasteiger partial charge in [-0.2, -0.15) is 4.31 Å². The van der Waals surface area contributed by atoms with Gasteiger partial charge in [-0.15, -0.1) is 0 Å². The van der Waals surface area contributed by atoms with E-state index in [1.807, 2.05) is 0 Å². The van der Waals surface area contributed by atoms with Crippen molar-refractivity contribution < 1.29 is 13.2 Å². The van der Waals surface area contributed by atoms with E-state index in [1.54, 1.807) is 51.4 Å². The molecule has 1 aromatic carbocycles. The molecule has 1 heterocycles. The topological polar surface area (TPSA) is 79.4 Å². The Balaban J connectivity index is 2.37. The predicted molar refractivity (Wildman–Crippen MR) is 93.5 cm³/mol. The highest BCUT2D eigenvalue weighted by Gasteiger charge is 2.23. The third kappa shape index (κ3) is 3.80. The van der Waals surface area contributed by atoms with E-state index in [2.05, 4.69) is 10.3 Å². The number of anilines is 1. The van der Waals surface area contributed by atoms with Gasteiger partial charge in [-0.25, -0.2) is 8.42 Å². The lowest BCUT2D eigenvalue weighted by Gasteiger charge is -2.19. The summed E-state index contributed by atoms with van der Waals surface area (Å²) < 4.78 is 26.6. The summed E-state index contributed by atoms with van der Waals surface area (Å²) in [6.07, 6.45) is 3.15. The van der Waals surface area contributed by atoms with Gasteiger partial charge < -0.3 is 5.32 Å². The number of aromatic nitrogens is 1. The summed E-state index contributed by atoms with van der Waals surface area (Å²) in [6.45, 7) is 6.10. The van der Waals surface area contributed by atoms with Gasteiger partial charge in [0.1, 0.15) is 0 Å². The Morgan fingerprint density at radius 2 is 1.75 bits per heavy atom. The summed E-state index contributed by atoms with van der Waals surface area (Å²) in [7, 11) is -3.60. The Morgan fingerprint density at radius 3 is 2.33 bits per heavy atom. The minimum absolute atomic E-state index is 0.122. The molecule has 128 valence electrons. The number of carbonyl (C=O) groups excluding carboxylic acids is 1. The number of nitrogens with one attached hydrogen (secondary N) is 1. The number of benzene rings is 1. The van der Waals surface area contributed by atoms with Crippen molar-refractivity contribution in [3.05, 3.63) is 53.9 Å². The number of aryl methyl sites for hydroxylation is 1. The molecule has 0 aliphatic heterocycles. The van der Waals surface area contributed by atoms with Gasteiger partial charge in [0.25, 0.3) is 5.91 Å². The number of carbonyl (C=O) groups is 1. The zero-order valence-electron chi connectivity index (χ0n) is 14.0. The van der Waals surface area contributed by atoms with E-state index in [-0.39, 0.29) is 10.8 Å². The number of sulfonamides is 1. The zero-order chi connectivity index (χ0) is 17.7. The smallest absolute Gasteiger partial charge is 0.255 e. The molecule has 0 saturated carbocycles. The first kappa shape index (κ1) is 18.1. The number of amides is 1. The second-order valence-corrected chi connectivity index (χ2v) is 7.19. The highest BCUT2D eigenvalue weighted by Crippen LogP contribution is 2.20. The molecule has 7 heteroatoms. The van der Waals surface area contributed by atoms with Crippen LogP contribution in [0.5, 0.6) is 0 Å². The van der Waals surface area contributed by atoms with Crippen molar-refractivity contribution in [3.63, 3.8) is 0 Å². The molecule has 0 atom stereocenters. The molecule has 0 aliphatic rings. The van der Waals surface area contributed by atoms with E-state index >= 15 is 0 Å². The molecule has 0 radical (unpaired) electrons. The van der Waals surface area contributed by atoms with Crippen LogP contribution < -0.4 is 5.32 Å². The molecule has 0 fully saturated rings. The van der Waals surface area contributed by atoms with Gasteiger partial charge in [-0.1, -0.05) is 19.9 Å². The molecular formula is C17H21N3O3S. The summed E-state index contributed by atoms with van der Waals surface area (Å²) in [5, 5.41) is 2.75. The van der Waals surface area contributed by atoms with Crippen LogP contribution in [0.25, 0.3) is 0 Å². The van der Waals surface area contributed by atoms with Crippen LogP contribution in [0.3, 0.4) is 0 Å². The highest BCUT2D eigenvalue weighted by molar-refractivity contribution is 7.89. The molecular weight excluding hydrogens is 326 g/mol. The van der Waals surface area contributed by atoms with Crippen molar-refractivity contribution >= 4 is 21.6 Å².